The Kier molecular flexibility index (Phi) is 8.49. The van der Waals surface area contributed by atoms with Crippen LogP contribution in [0.25, 0.3) is 0 Å². The number of rotatable bonds is 0. The summed E-state index contributed by atoms with van der Waals surface area (Å²) in [7, 11) is 0. The van der Waals surface area contributed by atoms with Gasteiger partial charge in [0.25, 0.3) is 0 Å². The maximum atomic E-state index is 2.89. The fourth-order valence-electron chi connectivity index (χ4n) is 0.684. The van der Waals surface area contributed by atoms with Gasteiger partial charge in [-0.2, -0.15) is 72.8 Å². The van der Waals surface area contributed by atoms with Gasteiger partial charge in [-0.05, 0) is 0 Å². The average Bonchev–Trinajstić information content (AvgIpc) is 2.24. The average molecular weight is 256 g/mol. The number of hydrogen-bond donors (Lipinski definition) is 0. The first-order valence-corrected chi connectivity index (χ1v) is 3.82. The standard InChI is InChI=1S/2C6H5.Ru.H/c2*1-2-4-6-5-3-1;;/h2*1-5H;;/q2*-1;+2;. The van der Waals surface area contributed by atoms with Crippen LogP contribution in [0.3, 0.4) is 0 Å². The normalized spacial score (nSPS) is 7.38. The van der Waals surface area contributed by atoms with Gasteiger partial charge in [0.2, 0.25) is 0 Å². The summed E-state index contributed by atoms with van der Waals surface area (Å²) in [6.45, 7) is 0. The molecule has 2 aromatic rings. The van der Waals surface area contributed by atoms with E-state index in [9.17, 15) is 0 Å². The molecule has 0 amide bonds. The van der Waals surface area contributed by atoms with Gasteiger partial charge in [-0.3, -0.25) is 0 Å². The molecule has 0 aliphatic heterocycles. The van der Waals surface area contributed by atoms with Crippen molar-refractivity contribution in [1.82, 2.24) is 0 Å². The third-order valence-corrected chi connectivity index (χ3v) is 1.21. The van der Waals surface area contributed by atoms with Crippen LogP contribution < -0.4 is 0 Å². The molecule has 0 saturated heterocycles. The minimum Gasteiger partial charge on any atom is -0.184 e. The van der Waals surface area contributed by atoms with E-state index < -0.39 is 0 Å². The van der Waals surface area contributed by atoms with E-state index >= 15 is 0 Å². The van der Waals surface area contributed by atoms with E-state index in [1.54, 1.807) is 0 Å². The van der Waals surface area contributed by atoms with Gasteiger partial charge in [0.15, 0.2) is 0 Å². The van der Waals surface area contributed by atoms with Gasteiger partial charge < -0.3 is 0 Å². The van der Waals surface area contributed by atoms with Gasteiger partial charge in [0.05, 0.1) is 0 Å². The molecule has 0 aliphatic carbocycles. The SMILES string of the molecule is [RuH+2].[c-]1ccccc1.[c-]1ccccc1. The van der Waals surface area contributed by atoms with E-state index in [0.29, 0.717) is 0 Å². The molecule has 0 spiro atoms. The Hall–Kier alpha value is -0.937. The monoisotopic (exact) mass is 257 g/mol. The minimum absolute atomic E-state index is 0. The van der Waals surface area contributed by atoms with Gasteiger partial charge in [-0.25, -0.2) is 0 Å². The van der Waals surface area contributed by atoms with Crippen LogP contribution in [0.5, 0.6) is 0 Å². The summed E-state index contributed by atoms with van der Waals surface area (Å²) in [5.74, 6) is 0. The van der Waals surface area contributed by atoms with E-state index in [-0.39, 0.29) is 19.5 Å². The Balaban J connectivity index is 0.000000206. The molecule has 0 heterocycles. The Labute approximate surface area is 92.4 Å². The molecule has 0 aromatic heterocycles. The Morgan fingerprint density at radius 1 is 0.462 bits per heavy atom. The third-order valence-electron chi connectivity index (χ3n) is 1.21. The smallest absolute Gasteiger partial charge is 0.171 e. The topological polar surface area (TPSA) is 0 Å². The minimum atomic E-state index is 0. The van der Waals surface area contributed by atoms with Crippen LogP contribution in [0.1, 0.15) is 0 Å². The zero-order chi connectivity index (χ0) is 8.49. The van der Waals surface area contributed by atoms with E-state index in [2.05, 4.69) is 12.1 Å². The summed E-state index contributed by atoms with van der Waals surface area (Å²) < 4.78 is 0. The van der Waals surface area contributed by atoms with E-state index in [1.165, 1.54) is 0 Å². The van der Waals surface area contributed by atoms with Crippen LogP contribution in [0.4, 0.5) is 0 Å². The van der Waals surface area contributed by atoms with Crippen LogP contribution in [0.2, 0.25) is 0 Å². The first-order chi connectivity index (χ1) is 6.00. The molecule has 0 unspecified atom stereocenters. The van der Waals surface area contributed by atoms with Gasteiger partial charge in [-0.1, -0.05) is 0 Å². The van der Waals surface area contributed by atoms with Crippen molar-refractivity contribution < 1.29 is 19.5 Å². The molecular formula is C12H11Ru. The maximum absolute atomic E-state index is 2.89. The molecule has 0 saturated carbocycles. The van der Waals surface area contributed by atoms with Crippen molar-refractivity contribution in [2.75, 3.05) is 0 Å². The van der Waals surface area contributed by atoms with Gasteiger partial charge in [0.1, 0.15) is 0 Å². The summed E-state index contributed by atoms with van der Waals surface area (Å²) >= 11 is 0. The van der Waals surface area contributed by atoms with Crippen molar-refractivity contribution in [1.29, 1.82) is 0 Å². The van der Waals surface area contributed by atoms with Crippen LogP contribution >= 0.6 is 0 Å². The first-order valence-electron chi connectivity index (χ1n) is 3.82. The maximum Gasteiger partial charge on any atom is -0.171 e. The van der Waals surface area contributed by atoms with E-state index in [0.717, 1.165) is 0 Å². The predicted octanol–water partition coefficient (Wildman–Crippen LogP) is 2.70. The van der Waals surface area contributed by atoms with Crippen LogP contribution in [0, 0.1) is 12.1 Å². The van der Waals surface area contributed by atoms with Crippen molar-refractivity contribution >= 4 is 0 Å². The molecule has 0 bridgehead atoms. The molecular weight excluding hydrogens is 245 g/mol. The molecule has 0 fully saturated rings. The van der Waals surface area contributed by atoms with Gasteiger partial charge in [0, 0.05) is 0 Å². The van der Waals surface area contributed by atoms with Crippen molar-refractivity contribution in [3.63, 3.8) is 0 Å². The summed E-state index contributed by atoms with van der Waals surface area (Å²) in [6.07, 6.45) is 0. The summed E-state index contributed by atoms with van der Waals surface area (Å²) in [5.41, 5.74) is 0. The quantitative estimate of drug-likeness (QED) is 0.502. The van der Waals surface area contributed by atoms with Crippen molar-refractivity contribution in [2.24, 2.45) is 0 Å². The zero-order valence-corrected chi connectivity index (χ0v) is 9.01. The molecule has 0 radical (unpaired) electrons. The largest absolute Gasteiger partial charge is 0.184 e. The molecule has 1 heteroatoms. The molecule has 13 heavy (non-hydrogen) atoms. The summed E-state index contributed by atoms with van der Waals surface area (Å²) in [5, 5.41) is 0. The second-order valence-corrected chi connectivity index (χ2v) is 2.15. The van der Waals surface area contributed by atoms with E-state index in [4.69, 9.17) is 0 Å². The van der Waals surface area contributed by atoms with Gasteiger partial charge in [-0.15, -0.1) is 0 Å². The van der Waals surface area contributed by atoms with Crippen molar-refractivity contribution in [2.45, 2.75) is 0 Å². The molecule has 0 N–H and O–H groups in total. The predicted molar refractivity (Wildman–Crippen MR) is 52.0 cm³/mol. The fourth-order valence-corrected chi connectivity index (χ4v) is 0.684. The number of hydrogen-bond acceptors (Lipinski definition) is 0. The third kappa shape index (κ3) is 7.42. The second kappa shape index (κ2) is 9.15. The molecule has 0 nitrogen and oxygen atoms in total. The summed E-state index contributed by atoms with van der Waals surface area (Å²) in [4.78, 5) is 0. The van der Waals surface area contributed by atoms with Crippen LogP contribution in [-0.4, -0.2) is 0 Å². The molecule has 0 atom stereocenters. The molecule has 0 aliphatic rings. The Morgan fingerprint density at radius 3 is 0.846 bits per heavy atom. The zero-order valence-electron chi connectivity index (χ0n) is 7.15. The van der Waals surface area contributed by atoms with Crippen molar-refractivity contribution in [3.8, 4) is 0 Å². The van der Waals surface area contributed by atoms with Crippen LogP contribution in [-0.2, 0) is 19.5 Å². The first kappa shape index (κ1) is 12.1. The molecule has 67 valence electrons. The Morgan fingerprint density at radius 2 is 0.769 bits per heavy atom. The fraction of sp³-hybridized carbons (Fsp3) is 0. The number of benzene rings is 2. The van der Waals surface area contributed by atoms with E-state index in [1.807, 2.05) is 60.7 Å². The second-order valence-electron chi connectivity index (χ2n) is 2.15. The molecule has 2 rings (SSSR count). The molecule has 2 aromatic carbocycles. The van der Waals surface area contributed by atoms with Crippen LogP contribution in [0.15, 0.2) is 60.7 Å². The summed E-state index contributed by atoms with van der Waals surface area (Å²) in [6, 6.07) is 25.0. The van der Waals surface area contributed by atoms with Gasteiger partial charge >= 0.3 is 19.5 Å². The Bertz CT molecular complexity index is 181. The van der Waals surface area contributed by atoms with Crippen molar-refractivity contribution in [3.05, 3.63) is 72.8 Å².